The number of fused-ring (bicyclic) bond motifs is 12. The third kappa shape index (κ3) is 3.95. The van der Waals surface area contributed by atoms with Crippen molar-refractivity contribution in [2.75, 3.05) is 0 Å². The molecule has 0 radical (unpaired) electrons. The zero-order valence-corrected chi connectivity index (χ0v) is 31.0. The molecule has 0 spiro atoms. The lowest BCUT2D eigenvalue weighted by atomic mass is 10.0. The van der Waals surface area contributed by atoms with Gasteiger partial charge in [0, 0.05) is 59.3 Å². The number of benzene rings is 8. The largest absolute Gasteiger partial charge is 0.309 e. The van der Waals surface area contributed by atoms with Gasteiger partial charge >= 0.3 is 0 Å². The van der Waals surface area contributed by atoms with Crippen LogP contribution in [0.1, 0.15) is 0 Å². The quantitative estimate of drug-likeness (QED) is 0.171. The highest BCUT2D eigenvalue weighted by atomic mass is 32.1. The molecule has 4 heteroatoms. The lowest BCUT2D eigenvalue weighted by Crippen LogP contribution is -1.92. The molecule has 3 nitrogen and oxygen atoms in total. The molecule has 0 unspecified atom stereocenters. The fraction of sp³-hybridized carbons (Fsp3) is 0. The first kappa shape index (κ1) is 30.2. The van der Waals surface area contributed by atoms with Crippen LogP contribution in [0.15, 0.2) is 188 Å². The van der Waals surface area contributed by atoms with Gasteiger partial charge < -0.3 is 13.5 Å². The van der Waals surface area contributed by atoms with Crippen molar-refractivity contribution in [1.29, 1.82) is 0 Å². The highest BCUT2D eigenvalue weighted by Gasteiger charge is 2.26. The van der Waals surface area contributed by atoms with Gasteiger partial charge in [0.25, 0.3) is 0 Å². The fourth-order valence-corrected chi connectivity index (χ4v) is 11.0. The van der Waals surface area contributed by atoms with Crippen LogP contribution >= 0.6 is 11.3 Å². The van der Waals surface area contributed by atoms with Gasteiger partial charge in [-0.05, 0) is 77.9 Å². The van der Waals surface area contributed by atoms with Crippen molar-refractivity contribution < 1.29 is 0 Å². The van der Waals surface area contributed by atoms with Crippen molar-refractivity contribution in [3.05, 3.63) is 188 Å². The molecule has 0 saturated carbocycles. The van der Waals surface area contributed by atoms with E-state index in [1.165, 1.54) is 114 Å². The topological polar surface area (TPSA) is 14.3 Å². The van der Waals surface area contributed by atoms with Crippen LogP contribution in [0.3, 0.4) is 0 Å². The fourth-order valence-electron chi connectivity index (χ4n) is 9.68. The maximum Gasteiger partial charge on any atom is 0.0734 e. The summed E-state index contributed by atoms with van der Waals surface area (Å²) in [6.45, 7) is 0. The molecule has 0 amide bonds. The van der Waals surface area contributed by atoms with Gasteiger partial charge in [0.1, 0.15) is 0 Å². The molecule has 5 heterocycles. The molecule has 0 N–H and O–H groups in total. The van der Waals surface area contributed by atoms with Crippen molar-refractivity contribution in [1.82, 2.24) is 13.5 Å². The highest BCUT2D eigenvalue weighted by Crippen LogP contribution is 2.52. The predicted molar refractivity (Wildman–Crippen MR) is 239 cm³/mol. The van der Waals surface area contributed by atoms with E-state index in [2.05, 4.69) is 202 Å². The second-order valence-corrected chi connectivity index (χ2v) is 15.9. The van der Waals surface area contributed by atoms with Crippen LogP contribution in [0.5, 0.6) is 0 Å². The highest BCUT2D eigenvalue weighted by molar-refractivity contribution is 7.21. The van der Waals surface area contributed by atoms with Crippen LogP contribution in [-0.2, 0) is 0 Å². The second kappa shape index (κ2) is 11.2. The minimum atomic E-state index is 1.17. The van der Waals surface area contributed by atoms with Crippen molar-refractivity contribution in [3.63, 3.8) is 0 Å². The van der Waals surface area contributed by atoms with Gasteiger partial charge in [0.2, 0.25) is 0 Å². The third-order valence-corrected chi connectivity index (χ3v) is 13.2. The minimum absolute atomic E-state index is 1.17. The Morgan fingerprint density at radius 2 is 0.750 bits per heavy atom. The van der Waals surface area contributed by atoms with Crippen LogP contribution in [0.25, 0.3) is 114 Å². The second-order valence-electron chi connectivity index (χ2n) is 14.9. The maximum atomic E-state index is 2.56. The lowest BCUT2D eigenvalue weighted by molar-refractivity contribution is 1.18. The molecular formula is C52H31N3S. The zero-order chi connectivity index (χ0) is 36.5. The van der Waals surface area contributed by atoms with Gasteiger partial charge in [0.15, 0.2) is 0 Å². The number of hydrogen-bond donors (Lipinski definition) is 0. The van der Waals surface area contributed by atoms with Gasteiger partial charge in [0.05, 0.1) is 43.5 Å². The number of nitrogens with zero attached hydrogens (tertiary/aromatic N) is 3. The summed E-state index contributed by atoms with van der Waals surface area (Å²) < 4.78 is 7.36. The molecule has 13 aromatic rings. The van der Waals surface area contributed by atoms with Crippen molar-refractivity contribution in [2.24, 2.45) is 0 Å². The normalized spacial score (nSPS) is 12.3. The van der Waals surface area contributed by atoms with Gasteiger partial charge in [-0.3, -0.25) is 0 Å². The van der Waals surface area contributed by atoms with Crippen LogP contribution in [0.2, 0.25) is 0 Å². The Labute approximate surface area is 325 Å². The van der Waals surface area contributed by atoms with E-state index in [0.717, 1.165) is 0 Å². The Morgan fingerprint density at radius 1 is 0.304 bits per heavy atom. The molecule has 0 aliphatic heterocycles. The molecular weight excluding hydrogens is 699 g/mol. The van der Waals surface area contributed by atoms with Crippen molar-refractivity contribution in [2.45, 2.75) is 0 Å². The van der Waals surface area contributed by atoms with Crippen molar-refractivity contribution >= 4 is 93.0 Å². The summed E-state index contributed by atoms with van der Waals surface area (Å²) in [6, 6.07) is 69.1. The Morgan fingerprint density at radius 3 is 1.34 bits per heavy atom. The summed E-state index contributed by atoms with van der Waals surface area (Å²) >= 11 is 1.93. The molecule has 0 saturated heterocycles. The molecule has 0 aliphatic carbocycles. The monoisotopic (exact) mass is 729 g/mol. The van der Waals surface area contributed by atoms with Gasteiger partial charge in [-0.25, -0.2) is 0 Å². The summed E-state index contributed by atoms with van der Waals surface area (Å²) in [7, 11) is 0. The van der Waals surface area contributed by atoms with E-state index in [-0.39, 0.29) is 0 Å². The molecule has 0 atom stereocenters. The van der Waals surface area contributed by atoms with E-state index in [1.54, 1.807) is 0 Å². The van der Waals surface area contributed by atoms with E-state index < -0.39 is 0 Å². The zero-order valence-electron chi connectivity index (χ0n) is 30.1. The SMILES string of the molecule is c1ccc(-n2c3ccccc3c3cc(-c4sc(-c5ccc6c(c5)c5ccccc5n6-c5ccccc5)c5c4c4cccc6c7ccccc7n5c64)ccc32)cc1. The standard InChI is InChI=1S/C52H31N3S/c1-3-14-34(15-4-1)53-43-23-10-8-19-37(43)41-30-32(26-28-46(41)53)51-48-40-22-13-21-39-36-18-7-12-25-45(36)55(49(39)40)50(48)52(56-51)33-27-29-47-42(31-33)38-20-9-11-24-44(38)54(47)35-16-5-2-6-17-35/h1-31H. The summed E-state index contributed by atoms with van der Waals surface area (Å²) in [5.74, 6) is 0. The van der Waals surface area contributed by atoms with E-state index in [1.807, 2.05) is 11.3 Å². The number of para-hydroxylation sites is 6. The Hall–Kier alpha value is -7.14. The van der Waals surface area contributed by atoms with Crippen LogP contribution in [0.4, 0.5) is 0 Å². The summed E-state index contributed by atoms with van der Waals surface area (Å²) in [5.41, 5.74) is 13.5. The van der Waals surface area contributed by atoms with Crippen LogP contribution in [-0.4, -0.2) is 13.5 Å². The summed E-state index contributed by atoms with van der Waals surface area (Å²) in [5, 5.41) is 10.3. The van der Waals surface area contributed by atoms with Crippen LogP contribution < -0.4 is 0 Å². The third-order valence-electron chi connectivity index (χ3n) is 12.0. The smallest absolute Gasteiger partial charge is 0.0734 e. The summed E-state index contributed by atoms with van der Waals surface area (Å²) in [4.78, 5) is 2.60. The molecule has 0 bridgehead atoms. The number of aromatic nitrogens is 3. The predicted octanol–water partition coefficient (Wildman–Crippen LogP) is 14.4. The van der Waals surface area contributed by atoms with Crippen molar-refractivity contribution in [3.8, 4) is 32.3 Å². The minimum Gasteiger partial charge on any atom is -0.309 e. The van der Waals surface area contributed by atoms with E-state index in [9.17, 15) is 0 Å². The number of rotatable bonds is 4. The maximum absolute atomic E-state index is 2.56. The molecule has 260 valence electrons. The molecule has 8 aromatic carbocycles. The molecule has 0 aliphatic rings. The van der Waals surface area contributed by atoms with Gasteiger partial charge in [-0.15, -0.1) is 11.3 Å². The molecule has 13 rings (SSSR count). The molecule has 0 fully saturated rings. The molecule has 5 aromatic heterocycles. The molecule has 56 heavy (non-hydrogen) atoms. The first-order valence-electron chi connectivity index (χ1n) is 19.2. The van der Waals surface area contributed by atoms with Crippen LogP contribution in [0, 0.1) is 0 Å². The Kier molecular flexibility index (Phi) is 6.04. The average Bonchev–Trinajstić information content (AvgIpc) is 4.06. The van der Waals surface area contributed by atoms with Gasteiger partial charge in [-0.1, -0.05) is 121 Å². The first-order valence-corrected chi connectivity index (χ1v) is 20.0. The first-order chi connectivity index (χ1) is 27.8. The van der Waals surface area contributed by atoms with E-state index >= 15 is 0 Å². The number of hydrogen-bond acceptors (Lipinski definition) is 1. The van der Waals surface area contributed by atoms with E-state index in [4.69, 9.17) is 0 Å². The Bertz CT molecular complexity index is 3690. The Balaban J connectivity index is 1.13. The van der Waals surface area contributed by atoms with E-state index in [0.29, 0.717) is 0 Å². The summed E-state index contributed by atoms with van der Waals surface area (Å²) in [6.07, 6.45) is 0. The lowest BCUT2D eigenvalue weighted by Gasteiger charge is -2.08. The average molecular weight is 730 g/mol. The number of thiophene rings is 1. The van der Waals surface area contributed by atoms with Gasteiger partial charge in [-0.2, -0.15) is 0 Å².